The molecule has 1 atom stereocenters. The zero-order valence-corrected chi connectivity index (χ0v) is 10.00. The number of benzene rings is 1. The van der Waals surface area contributed by atoms with Crippen molar-refractivity contribution in [2.24, 2.45) is 0 Å². The summed E-state index contributed by atoms with van der Waals surface area (Å²) < 4.78 is 0. The predicted molar refractivity (Wildman–Crippen MR) is 63.8 cm³/mol. The van der Waals surface area contributed by atoms with Crippen LogP contribution in [0, 0.1) is 0 Å². The molecule has 0 aliphatic rings. The molecule has 0 aliphatic carbocycles. The highest BCUT2D eigenvalue weighted by molar-refractivity contribution is 6.43. The SMILES string of the molecule is O=C(O)CC(Nc1cccc(Cl)c1Cl)C(=O)O. The van der Waals surface area contributed by atoms with Crippen molar-refractivity contribution in [1.82, 2.24) is 0 Å². The molecule has 1 aromatic carbocycles. The van der Waals surface area contributed by atoms with Gasteiger partial charge in [-0.1, -0.05) is 29.3 Å². The summed E-state index contributed by atoms with van der Waals surface area (Å²) in [6.45, 7) is 0. The summed E-state index contributed by atoms with van der Waals surface area (Å²) >= 11 is 11.6. The summed E-state index contributed by atoms with van der Waals surface area (Å²) in [5.74, 6) is -2.49. The van der Waals surface area contributed by atoms with Crippen LogP contribution >= 0.6 is 23.2 Å². The summed E-state index contributed by atoms with van der Waals surface area (Å²) in [4.78, 5) is 21.3. The molecule has 7 heteroatoms. The molecule has 0 amide bonds. The van der Waals surface area contributed by atoms with Gasteiger partial charge in [0, 0.05) is 0 Å². The van der Waals surface area contributed by atoms with E-state index in [-0.39, 0.29) is 15.7 Å². The Bertz CT molecular complexity index is 450. The van der Waals surface area contributed by atoms with E-state index in [0.717, 1.165) is 0 Å². The molecule has 1 unspecified atom stereocenters. The Balaban J connectivity index is 2.90. The Kier molecular flexibility index (Phi) is 4.60. The highest BCUT2D eigenvalue weighted by atomic mass is 35.5. The second kappa shape index (κ2) is 5.75. The molecule has 0 aromatic heterocycles. The molecule has 92 valence electrons. The summed E-state index contributed by atoms with van der Waals surface area (Å²) in [7, 11) is 0. The molecule has 0 saturated carbocycles. The first kappa shape index (κ1) is 13.6. The van der Waals surface area contributed by atoms with Crippen molar-refractivity contribution in [2.45, 2.75) is 12.5 Å². The normalized spacial score (nSPS) is 11.9. The second-order valence-corrected chi connectivity index (χ2v) is 4.02. The number of nitrogens with one attached hydrogen (secondary N) is 1. The zero-order chi connectivity index (χ0) is 13.0. The van der Waals surface area contributed by atoms with E-state index in [9.17, 15) is 9.59 Å². The van der Waals surface area contributed by atoms with Crippen LogP contribution in [0.25, 0.3) is 0 Å². The van der Waals surface area contributed by atoms with E-state index in [4.69, 9.17) is 33.4 Å². The third-order valence-electron chi connectivity index (χ3n) is 1.96. The monoisotopic (exact) mass is 277 g/mol. The lowest BCUT2D eigenvalue weighted by molar-refractivity contribution is -0.144. The number of carbonyl (C=O) groups is 2. The number of carboxylic acid groups (broad SMARTS) is 2. The van der Waals surface area contributed by atoms with Crippen LogP contribution in [0.2, 0.25) is 10.0 Å². The molecule has 0 aliphatic heterocycles. The molecule has 5 nitrogen and oxygen atoms in total. The van der Waals surface area contributed by atoms with Crippen LogP contribution in [0.3, 0.4) is 0 Å². The lowest BCUT2D eigenvalue weighted by atomic mass is 10.2. The zero-order valence-electron chi connectivity index (χ0n) is 8.48. The van der Waals surface area contributed by atoms with Crippen LogP contribution in [-0.2, 0) is 9.59 Å². The van der Waals surface area contributed by atoms with Crippen LogP contribution in [0.4, 0.5) is 5.69 Å². The molecule has 0 spiro atoms. The largest absolute Gasteiger partial charge is 0.481 e. The average Bonchev–Trinajstić information content (AvgIpc) is 2.22. The Morgan fingerprint density at radius 2 is 1.94 bits per heavy atom. The van der Waals surface area contributed by atoms with Gasteiger partial charge < -0.3 is 15.5 Å². The van der Waals surface area contributed by atoms with Crippen molar-refractivity contribution in [2.75, 3.05) is 5.32 Å². The molecule has 0 radical (unpaired) electrons. The molecular weight excluding hydrogens is 269 g/mol. The second-order valence-electron chi connectivity index (χ2n) is 3.23. The van der Waals surface area contributed by atoms with Crippen LogP contribution in [0.1, 0.15) is 6.42 Å². The van der Waals surface area contributed by atoms with E-state index in [2.05, 4.69) is 5.32 Å². The van der Waals surface area contributed by atoms with E-state index in [1.165, 1.54) is 6.07 Å². The molecule has 3 N–H and O–H groups in total. The van der Waals surface area contributed by atoms with Gasteiger partial charge in [0.15, 0.2) is 0 Å². The molecule has 17 heavy (non-hydrogen) atoms. The van der Waals surface area contributed by atoms with Gasteiger partial charge in [-0.2, -0.15) is 0 Å². The minimum absolute atomic E-state index is 0.158. The molecule has 0 fully saturated rings. The first-order chi connectivity index (χ1) is 7.91. The third kappa shape index (κ3) is 3.80. The Labute approximate surface area is 107 Å². The predicted octanol–water partition coefficient (Wildman–Crippen LogP) is 2.33. The fourth-order valence-corrected chi connectivity index (χ4v) is 1.53. The Morgan fingerprint density at radius 1 is 1.29 bits per heavy atom. The quantitative estimate of drug-likeness (QED) is 0.769. The van der Waals surface area contributed by atoms with Crippen LogP contribution < -0.4 is 5.32 Å². The number of aliphatic carboxylic acids is 2. The minimum Gasteiger partial charge on any atom is -0.481 e. The van der Waals surface area contributed by atoms with Crippen molar-refractivity contribution in [3.05, 3.63) is 28.2 Å². The third-order valence-corrected chi connectivity index (χ3v) is 2.78. The van der Waals surface area contributed by atoms with Crippen molar-refractivity contribution >= 4 is 40.8 Å². The van der Waals surface area contributed by atoms with E-state index in [1.54, 1.807) is 12.1 Å². The summed E-state index contributed by atoms with van der Waals surface area (Å²) in [5.41, 5.74) is 0.285. The van der Waals surface area contributed by atoms with Crippen LogP contribution in [0.5, 0.6) is 0 Å². The topological polar surface area (TPSA) is 86.6 Å². The van der Waals surface area contributed by atoms with Gasteiger partial charge in [-0.3, -0.25) is 4.79 Å². The average molecular weight is 278 g/mol. The lowest BCUT2D eigenvalue weighted by Gasteiger charge is -2.15. The maximum Gasteiger partial charge on any atom is 0.326 e. The number of carboxylic acids is 2. The molecular formula is C10H9Cl2NO4. The lowest BCUT2D eigenvalue weighted by Crippen LogP contribution is -2.31. The fraction of sp³-hybridized carbons (Fsp3) is 0.200. The number of halogens is 2. The fourth-order valence-electron chi connectivity index (χ4n) is 1.18. The van der Waals surface area contributed by atoms with Crippen molar-refractivity contribution in [3.8, 4) is 0 Å². The molecule has 1 aromatic rings. The van der Waals surface area contributed by atoms with Gasteiger partial charge in [-0.15, -0.1) is 0 Å². The van der Waals surface area contributed by atoms with E-state index in [0.29, 0.717) is 0 Å². The van der Waals surface area contributed by atoms with Gasteiger partial charge in [0.05, 0.1) is 22.2 Å². The smallest absolute Gasteiger partial charge is 0.326 e. The van der Waals surface area contributed by atoms with Crippen molar-refractivity contribution in [1.29, 1.82) is 0 Å². The highest BCUT2D eigenvalue weighted by Gasteiger charge is 2.21. The molecule has 0 heterocycles. The van der Waals surface area contributed by atoms with Gasteiger partial charge in [0.25, 0.3) is 0 Å². The standard InChI is InChI=1S/C10H9Cl2NO4/c11-5-2-1-3-6(9(5)12)13-7(10(16)17)4-8(14)15/h1-3,7,13H,4H2,(H,14,15)(H,16,17). The van der Waals surface area contributed by atoms with E-state index >= 15 is 0 Å². The maximum absolute atomic E-state index is 10.8. The highest BCUT2D eigenvalue weighted by Crippen LogP contribution is 2.30. The number of anilines is 1. The van der Waals surface area contributed by atoms with Gasteiger partial charge in [-0.05, 0) is 12.1 Å². The molecule has 0 bridgehead atoms. The molecule has 1 rings (SSSR count). The summed E-state index contributed by atoms with van der Waals surface area (Å²) in [6.07, 6.45) is -0.557. The molecule has 0 saturated heterocycles. The van der Waals surface area contributed by atoms with Crippen LogP contribution in [0.15, 0.2) is 18.2 Å². The van der Waals surface area contributed by atoms with Gasteiger partial charge in [0.1, 0.15) is 6.04 Å². The van der Waals surface area contributed by atoms with Crippen LogP contribution in [-0.4, -0.2) is 28.2 Å². The number of hydrogen-bond donors (Lipinski definition) is 3. The van der Waals surface area contributed by atoms with Gasteiger partial charge in [-0.25, -0.2) is 4.79 Å². The van der Waals surface area contributed by atoms with E-state index in [1.807, 2.05) is 0 Å². The first-order valence-electron chi connectivity index (χ1n) is 4.57. The van der Waals surface area contributed by atoms with Crippen molar-refractivity contribution < 1.29 is 19.8 Å². The maximum atomic E-state index is 10.8. The van der Waals surface area contributed by atoms with Gasteiger partial charge >= 0.3 is 11.9 Å². The first-order valence-corrected chi connectivity index (χ1v) is 5.32. The number of rotatable bonds is 5. The summed E-state index contributed by atoms with van der Waals surface area (Å²) in [6, 6.07) is 3.38. The van der Waals surface area contributed by atoms with Gasteiger partial charge in [0.2, 0.25) is 0 Å². The number of hydrogen-bond acceptors (Lipinski definition) is 3. The summed E-state index contributed by atoms with van der Waals surface area (Å²) in [5, 5.41) is 20.4. The minimum atomic E-state index is -1.27. The Morgan fingerprint density at radius 3 is 2.47 bits per heavy atom. The van der Waals surface area contributed by atoms with E-state index < -0.39 is 24.4 Å². The Hall–Kier alpha value is -1.46. The van der Waals surface area contributed by atoms with Crippen molar-refractivity contribution in [3.63, 3.8) is 0 Å².